The Balaban J connectivity index is 1.36. The van der Waals surface area contributed by atoms with Gasteiger partial charge in [-0.15, -0.1) is 5.11 Å². The van der Waals surface area contributed by atoms with Crippen molar-refractivity contribution in [3.05, 3.63) is 72.7 Å². The van der Waals surface area contributed by atoms with E-state index in [0.717, 1.165) is 52.3 Å². The van der Waals surface area contributed by atoms with Crippen LogP contribution in [0.5, 0.6) is 0 Å². The molecular weight excluding hydrogens is 416 g/mol. The SMILES string of the molecule is c1cncc(-c2cc3nc(N=NCc4c[nH]c5ccccc45)cc(N4CCOCC4)n3n2)c1. The molecule has 5 heterocycles. The lowest BCUT2D eigenvalue weighted by Gasteiger charge is -2.28. The molecule has 0 amide bonds. The number of nitrogens with one attached hydrogen (secondary N) is 1. The largest absolute Gasteiger partial charge is 0.378 e. The lowest BCUT2D eigenvalue weighted by molar-refractivity contribution is 0.122. The van der Waals surface area contributed by atoms with Gasteiger partial charge in [-0.25, -0.2) is 4.98 Å². The fraction of sp³-hybridized carbons (Fsp3) is 0.208. The maximum Gasteiger partial charge on any atom is 0.179 e. The topological polar surface area (TPSA) is 96.1 Å². The van der Waals surface area contributed by atoms with Crippen LogP contribution in [0.4, 0.5) is 11.6 Å². The minimum atomic E-state index is 0.476. The molecule has 6 rings (SSSR count). The summed E-state index contributed by atoms with van der Waals surface area (Å²) in [5.74, 6) is 1.49. The van der Waals surface area contributed by atoms with Gasteiger partial charge >= 0.3 is 0 Å². The second-order valence-corrected chi connectivity index (χ2v) is 7.87. The smallest absolute Gasteiger partial charge is 0.179 e. The van der Waals surface area contributed by atoms with Crippen LogP contribution < -0.4 is 4.90 Å². The molecule has 33 heavy (non-hydrogen) atoms. The lowest BCUT2D eigenvalue weighted by atomic mass is 10.2. The monoisotopic (exact) mass is 438 g/mol. The number of benzene rings is 1. The standard InChI is InChI=1S/C24H22N8O/c1-2-6-20-19(5-1)18(15-26-20)16-27-29-22-13-24(31-8-10-33-11-9-31)32-23(28-22)12-21(30-32)17-4-3-7-25-14-17/h1-7,12-15,26H,8-11,16H2. The van der Waals surface area contributed by atoms with Crippen LogP contribution in [0.25, 0.3) is 27.8 Å². The minimum Gasteiger partial charge on any atom is -0.378 e. The van der Waals surface area contributed by atoms with Crippen molar-refractivity contribution in [2.45, 2.75) is 6.54 Å². The van der Waals surface area contributed by atoms with E-state index in [1.807, 2.05) is 47.1 Å². The van der Waals surface area contributed by atoms with E-state index in [9.17, 15) is 0 Å². The van der Waals surface area contributed by atoms with Crippen molar-refractivity contribution in [3.63, 3.8) is 0 Å². The van der Waals surface area contributed by atoms with Gasteiger partial charge in [0.1, 0.15) is 5.82 Å². The third kappa shape index (κ3) is 3.83. The number of H-pyrrole nitrogens is 1. The number of azo groups is 1. The number of morpholine rings is 1. The van der Waals surface area contributed by atoms with E-state index in [4.69, 9.17) is 14.8 Å². The van der Waals surface area contributed by atoms with Crippen molar-refractivity contribution in [2.24, 2.45) is 10.2 Å². The highest BCUT2D eigenvalue weighted by molar-refractivity contribution is 5.83. The zero-order valence-corrected chi connectivity index (χ0v) is 17.9. The number of pyridine rings is 1. The molecule has 1 aliphatic rings. The summed E-state index contributed by atoms with van der Waals surface area (Å²) in [5.41, 5.74) is 4.68. The van der Waals surface area contributed by atoms with Crippen molar-refractivity contribution < 1.29 is 4.74 Å². The number of ether oxygens (including phenoxy) is 1. The molecule has 0 atom stereocenters. The van der Waals surface area contributed by atoms with E-state index < -0.39 is 0 Å². The van der Waals surface area contributed by atoms with Gasteiger partial charge in [0.05, 0.1) is 25.5 Å². The summed E-state index contributed by atoms with van der Waals surface area (Å²) in [6, 6.07) is 16.0. The third-order valence-electron chi connectivity index (χ3n) is 5.78. The van der Waals surface area contributed by atoms with Crippen LogP contribution >= 0.6 is 0 Å². The van der Waals surface area contributed by atoms with Crippen LogP contribution in [0.3, 0.4) is 0 Å². The fourth-order valence-electron chi connectivity index (χ4n) is 4.12. The number of aromatic amines is 1. The Morgan fingerprint density at radius 3 is 2.85 bits per heavy atom. The predicted octanol–water partition coefficient (Wildman–Crippen LogP) is 4.39. The number of para-hydroxylation sites is 1. The summed E-state index contributed by atoms with van der Waals surface area (Å²) >= 11 is 0. The molecule has 9 heteroatoms. The molecule has 0 unspecified atom stereocenters. The lowest BCUT2D eigenvalue weighted by Crippen LogP contribution is -2.37. The summed E-state index contributed by atoms with van der Waals surface area (Å²) in [4.78, 5) is 14.5. The highest BCUT2D eigenvalue weighted by Gasteiger charge is 2.18. The van der Waals surface area contributed by atoms with Crippen LogP contribution in [-0.2, 0) is 11.3 Å². The Kier molecular flexibility index (Phi) is 5.00. The van der Waals surface area contributed by atoms with Gasteiger partial charge in [-0.3, -0.25) is 4.98 Å². The van der Waals surface area contributed by atoms with E-state index in [1.165, 1.54) is 0 Å². The van der Waals surface area contributed by atoms with Crippen molar-refractivity contribution in [1.29, 1.82) is 0 Å². The Labute approximate surface area is 189 Å². The number of anilines is 1. The zero-order chi connectivity index (χ0) is 22.0. The number of fused-ring (bicyclic) bond motifs is 2. The first-order chi connectivity index (χ1) is 16.3. The first-order valence-corrected chi connectivity index (χ1v) is 10.9. The van der Waals surface area contributed by atoms with Gasteiger partial charge in [-0.2, -0.15) is 14.7 Å². The van der Waals surface area contributed by atoms with Gasteiger partial charge in [-0.05, 0) is 18.2 Å². The maximum atomic E-state index is 5.54. The van der Waals surface area contributed by atoms with Crippen LogP contribution in [0.2, 0.25) is 0 Å². The first-order valence-electron chi connectivity index (χ1n) is 10.9. The van der Waals surface area contributed by atoms with Crippen LogP contribution in [0, 0.1) is 0 Å². The average Bonchev–Trinajstić information content (AvgIpc) is 3.49. The molecule has 1 fully saturated rings. The predicted molar refractivity (Wildman–Crippen MR) is 126 cm³/mol. The van der Waals surface area contributed by atoms with E-state index in [-0.39, 0.29) is 0 Å². The Morgan fingerprint density at radius 2 is 1.97 bits per heavy atom. The molecule has 0 spiro atoms. The third-order valence-corrected chi connectivity index (χ3v) is 5.78. The fourth-order valence-corrected chi connectivity index (χ4v) is 4.12. The molecule has 1 saturated heterocycles. The molecule has 1 aromatic carbocycles. The summed E-state index contributed by atoms with van der Waals surface area (Å²) in [5, 5.41) is 14.9. The summed E-state index contributed by atoms with van der Waals surface area (Å²) in [7, 11) is 0. The molecule has 0 aliphatic carbocycles. The highest BCUT2D eigenvalue weighted by atomic mass is 16.5. The maximum absolute atomic E-state index is 5.54. The Bertz CT molecular complexity index is 1430. The number of rotatable bonds is 5. The number of hydrogen-bond acceptors (Lipinski definition) is 7. The zero-order valence-electron chi connectivity index (χ0n) is 17.9. The van der Waals surface area contributed by atoms with E-state index in [1.54, 1.807) is 12.4 Å². The summed E-state index contributed by atoms with van der Waals surface area (Å²) < 4.78 is 7.41. The molecule has 4 aromatic heterocycles. The van der Waals surface area contributed by atoms with Crippen molar-refractivity contribution in [1.82, 2.24) is 24.6 Å². The van der Waals surface area contributed by atoms with Gasteiger partial charge in [0.25, 0.3) is 0 Å². The second kappa shape index (κ2) is 8.44. The number of hydrogen-bond donors (Lipinski definition) is 1. The normalized spacial score (nSPS) is 14.6. The van der Waals surface area contributed by atoms with Gasteiger partial charge < -0.3 is 14.6 Å². The Morgan fingerprint density at radius 1 is 1.06 bits per heavy atom. The molecular formula is C24H22N8O. The number of nitrogens with zero attached hydrogens (tertiary/aromatic N) is 7. The van der Waals surface area contributed by atoms with Gasteiger partial charge in [0.15, 0.2) is 11.5 Å². The molecule has 0 saturated carbocycles. The minimum absolute atomic E-state index is 0.476. The Hall–Kier alpha value is -4.11. The van der Waals surface area contributed by atoms with Crippen molar-refractivity contribution in [3.8, 4) is 11.3 Å². The first kappa shape index (κ1) is 19.6. The van der Waals surface area contributed by atoms with Gasteiger partial charge in [-0.1, -0.05) is 18.2 Å². The summed E-state index contributed by atoms with van der Waals surface area (Å²) in [6.45, 7) is 3.40. The molecule has 5 aromatic rings. The van der Waals surface area contributed by atoms with E-state index >= 15 is 0 Å². The van der Waals surface area contributed by atoms with E-state index in [0.29, 0.717) is 25.6 Å². The van der Waals surface area contributed by atoms with E-state index in [2.05, 4.69) is 37.2 Å². The quantitative estimate of drug-likeness (QED) is 0.411. The molecule has 164 valence electrons. The summed E-state index contributed by atoms with van der Waals surface area (Å²) in [6.07, 6.45) is 5.54. The van der Waals surface area contributed by atoms with Crippen LogP contribution in [-0.4, -0.2) is 50.9 Å². The average molecular weight is 438 g/mol. The van der Waals surface area contributed by atoms with Gasteiger partial charge in [0, 0.05) is 65.8 Å². The molecule has 0 bridgehead atoms. The molecule has 1 aliphatic heterocycles. The second-order valence-electron chi connectivity index (χ2n) is 7.87. The van der Waals surface area contributed by atoms with Crippen molar-refractivity contribution in [2.75, 3.05) is 31.2 Å². The van der Waals surface area contributed by atoms with Crippen molar-refractivity contribution >= 4 is 28.2 Å². The molecule has 9 nitrogen and oxygen atoms in total. The van der Waals surface area contributed by atoms with Crippen LogP contribution in [0.15, 0.2) is 77.3 Å². The molecule has 0 radical (unpaired) electrons. The van der Waals surface area contributed by atoms with Crippen LogP contribution in [0.1, 0.15) is 5.56 Å². The number of aromatic nitrogens is 5. The molecule has 1 N–H and O–H groups in total. The van der Waals surface area contributed by atoms with Gasteiger partial charge in [0.2, 0.25) is 0 Å². The highest BCUT2D eigenvalue weighted by Crippen LogP contribution is 2.27.